The minimum Gasteiger partial charge on any atom is -0.327 e. The van der Waals surface area contributed by atoms with Crippen molar-refractivity contribution in [3.63, 3.8) is 0 Å². The first-order valence-electron chi connectivity index (χ1n) is 5.31. The highest BCUT2D eigenvalue weighted by molar-refractivity contribution is 6.31. The van der Waals surface area contributed by atoms with Crippen molar-refractivity contribution in [1.82, 2.24) is 0 Å². The number of hydrogen-bond acceptors (Lipinski definition) is 1. The average Bonchev–Trinajstić information content (AvgIpc) is 2.10. The summed E-state index contributed by atoms with van der Waals surface area (Å²) in [4.78, 5) is 0. The third-order valence-electron chi connectivity index (χ3n) is 2.79. The van der Waals surface area contributed by atoms with Crippen molar-refractivity contribution in [2.45, 2.75) is 40.2 Å². The van der Waals surface area contributed by atoms with Gasteiger partial charge in [-0.05, 0) is 36.0 Å². The van der Waals surface area contributed by atoms with E-state index in [1.807, 2.05) is 13.0 Å². The number of aryl methyl sites for hydroxylation is 1. The van der Waals surface area contributed by atoms with Crippen molar-refractivity contribution in [3.8, 4) is 0 Å². The highest BCUT2D eigenvalue weighted by atomic mass is 35.5. The van der Waals surface area contributed by atoms with Crippen molar-refractivity contribution in [1.29, 1.82) is 0 Å². The molecule has 0 aliphatic carbocycles. The van der Waals surface area contributed by atoms with Crippen LogP contribution in [0.25, 0.3) is 0 Å². The molecule has 1 atom stereocenters. The molecule has 84 valence electrons. The first kappa shape index (κ1) is 12.5. The van der Waals surface area contributed by atoms with Gasteiger partial charge in [-0.2, -0.15) is 0 Å². The molecular formula is C13H20ClN. The summed E-state index contributed by atoms with van der Waals surface area (Å²) < 4.78 is 0. The second-order valence-corrected chi connectivity index (χ2v) is 5.67. The highest BCUT2D eigenvalue weighted by Gasteiger charge is 2.20. The smallest absolute Gasteiger partial charge is 0.0435 e. The van der Waals surface area contributed by atoms with Gasteiger partial charge in [-0.15, -0.1) is 0 Å². The molecule has 0 amide bonds. The quantitative estimate of drug-likeness (QED) is 0.819. The van der Waals surface area contributed by atoms with Crippen LogP contribution in [0, 0.1) is 12.3 Å². The Hall–Kier alpha value is -0.530. The Bertz CT molecular complexity index is 339. The van der Waals surface area contributed by atoms with Gasteiger partial charge in [0, 0.05) is 11.1 Å². The van der Waals surface area contributed by atoms with Gasteiger partial charge in [0.15, 0.2) is 0 Å². The lowest BCUT2D eigenvalue weighted by Gasteiger charge is -2.27. The lowest BCUT2D eigenvalue weighted by molar-refractivity contribution is 0.318. The van der Waals surface area contributed by atoms with Gasteiger partial charge in [0.25, 0.3) is 0 Å². The van der Waals surface area contributed by atoms with E-state index in [4.69, 9.17) is 17.3 Å². The fourth-order valence-electron chi connectivity index (χ4n) is 1.39. The van der Waals surface area contributed by atoms with E-state index in [1.165, 1.54) is 5.56 Å². The fraction of sp³-hybridized carbons (Fsp3) is 0.538. The molecule has 0 spiro atoms. The third kappa shape index (κ3) is 3.51. The molecule has 0 aliphatic rings. The van der Waals surface area contributed by atoms with Gasteiger partial charge in [0.1, 0.15) is 0 Å². The van der Waals surface area contributed by atoms with Crippen molar-refractivity contribution < 1.29 is 0 Å². The number of halogens is 1. The third-order valence-corrected chi connectivity index (χ3v) is 3.21. The summed E-state index contributed by atoms with van der Waals surface area (Å²) in [6.07, 6.45) is 0.904. The number of rotatable bonds is 2. The Balaban J connectivity index is 2.78. The second kappa shape index (κ2) is 4.54. The zero-order valence-electron chi connectivity index (χ0n) is 9.97. The van der Waals surface area contributed by atoms with E-state index < -0.39 is 0 Å². The summed E-state index contributed by atoms with van der Waals surface area (Å²) in [5.41, 5.74) is 8.67. The van der Waals surface area contributed by atoms with Crippen LogP contribution in [-0.4, -0.2) is 6.04 Å². The zero-order chi connectivity index (χ0) is 11.6. The van der Waals surface area contributed by atoms with E-state index in [9.17, 15) is 0 Å². The van der Waals surface area contributed by atoms with Gasteiger partial charge in [-0.3, -0.25) is 0 Å². The molecule has 1 aromatic rings. The van der Waals surface area contributed by atoms with Crippen molar-refractivity contribution in [2.75, 3.05) is 0 Å². The molecule has 1 nitrogen and oxygen atoms in total. The van der Waals surface area contributed by atoms with Crippen LogP contribution in [0.2, 0.25) is 5.02 Å². The Morgan fingerprint density at radius 2 is 1.93 bits per heavy atom. The molecule has 15 heavy (non-hydrogen) atoms. The molecule has 0 radical (unpaired) electrons. The van der Waals surface area contributed by atoms with E-state index in [-0.39, 0.29) is 11.5 Å². The Labute approximate surface area is 97.6 Å². The Kier molecular flexibility index (Phi) is 3.80. The molecule has 0 saturated heterocycles. The maximum Gasteiger partial charge on any atom is 0.0435 e. The Morgan fingerprint density at radius 1 is 1.33 bits per heavy atom. The van der Waals surface area contributed by atoms with Gasteiger partial charge >= 0.3 is 0 Å². The van der Waals surface area contributed by atoms with Gasteiger partial charge in [0.05, 0.1) is 0 Å². The van der Waals surface area contributed by atoms with Crippen molar-refractivity contribution in [3.05, 3.63) is 34.3 Å². The molecule has 1 unspecified atom stereocenters. The summed E-state index contributed by atoms with van der Waals surface area (Å²) >= 11 is 5.98. The summed E-state index contributed by atoms with van der Waals surface area (Å²) in [6.45, 7) is 8.52. The van der Waals surface area contributed by atoms with E-state index in [2.05, 4.69) is 32.9 Å². The van der Waals surface area contributed by atoms with E-state index in [0.29, 0.717) is 0 Å². The summed E-state index contributed by atoms with van der Waals surface area (Å²) in [7, 11) is 0. The molecule has 2 heteroatoms. The average molecular weight is 226 g/mol. The molecule has 0 heterocycles. The van der Waals surface area contributed by atoms with Crippen LogP contribution in [-0.2, 0) is 6.42 Å². The van der Waals surface area contributed by atoms with Crippen LogP contribution in [0.1, 0.15) is 31.9 Å². The first-order valence-corrected chi connectivity index (χ1v) is 5.69. The number of benzene rings is 1. The lowest BCUT2D eigenvalue weighted by atomic mass is 9.83. The topological polar surface area (TPSA) is 26.0 Å². The van der Waals surface area contributed by atoms with Crippen LogP contribution >= 0.6 is 11.6 Å². The molecule has 0 bridgehead atoms. The SMILES string of the molecule is Cc1cc(CC(N)C(C)(C)C)ccc1Cl. The second-order valence-electron chi connectivity index (χ2n) is 5.26. The normalized spacial score (nSPS) is 14.0. The maximum atomic E-state index is 6.14. The monoisotopic (exact) mass is 225 g/mol. The predicted molar refractivity (Wildman–Crippen MR) is 67.3 cm³/mol. The van der Waals surface area contributed by atoms with Crippen molar-refractivity contribution >= 4 is 11.6 Å². The molecule has 1 rings (SSSR count). The largest absolute Gasteiger partial charge is 0.327 e. The lowest BCUT2D eigenvalue weighted by Crippen LogP contribution is -2.36. The summed E-state index contributed by atoms with van der Waals surface area (Å²) in [5, 5.41) is 0.822. The van der Waals surface area contributed by atoms with Crippen LogP contribution in [0.4, 0.5) is 0 Å². The molecular weight excluding hydrogens is 206 g/mol. The molecule has 0 fully saturated rings. The maximum absolute atomic E-state index is 6.14. The number of nitrogens with two attached hydrogens (primary N) is 1. The van der Waals surface area contributed by atoms with Gasteiger partial charge in [-0.25, -0.2) is 0 Å². The molecule has 0 saturated carbocycles. The molecule has 2 N–H and O–H groups in total. The van der Waals surface area contributed by atoms with Crippen LogP contribution < -0.4 is 5.73 Å². The first-order chi connectivity index (χ1) is 6.80. The standard InChI is InChI=1S/C13H20ClN/c1-9-7-10(5-6-11(9)14)8-12(15)13(2,3)4/h5-7,12H,8,15H2,1-4H3. The highest BCUT2D eigenvalue weighted by Crippen LogP contribution is 2.22. The predicted octanol–water partition coefficient (Wildman–Crippen LogP) is 3.56. The Morgan fingerprint density at radius 3 is 2.40 bits per heavy atom. The number of hydrogen-bond donors (Lipinski definition) is 1. The van der Waals surface area contributed by atoms with Crippen LogP contribution in [0.5, 0.6) is 0 Å². The summed E-state index contributed by atoms with van der Waals surface area (Å²) in [6, 6.07) is 6.30. The van der Waals surface area contributed by atoms with Crippen LogP contribution in [0.15, 0.2) is 18.2 Å². The molecule has 0 aliphatic heterocycles. The molecule has 1 aromatic carbocycles. The minimum absolute atomic E-state index is 0.146. The fourth-order valence-corrected chi connectivity index (χ4v) is 1.51. The van der Waals surface area contributed by atoms with E-state index in [0.717, 1.165) is 17.0 Å². The van der Waals surface area contributed by atoms with Gasteiger partial charge < -0.3 is 5.73 Å². The van der Waals surface area contributed by atoms with Gasteiger partial charge in [-0.1, -0.05) is 44.5 Å². The molecule has 0 aromatic heterocycles. The van der Waals surface area contributed by atoms with Gasteiger partial charge in [0.2, 0.25) is 0 Å². The van der Waals surface area contributed by atoms with E-state index in [1.54, 1.807) is 0 Å². The summed E-state index contributed by atoms with van der Waals surface area (Å²) in [5.74, 6) is 0. The van der Waals surface area contributed by atoms with E-state index >= 15 is 0 Å². The minimum atomic E-state index is 0.146. The van der Waals surface area contributed by atoms with Crippen LogP contribution in [0.3, 0.4) is 0 Å². The van der Waals surface area contributed by atoms with Crippen molar-refractivity contribution in [2.24, 2.45) is 11.1 Å². The zero-order valence-corrected chi connectivity index (χ0v) is 10.7.